The lowest BCUT2D eigenvalue weighted by Gasteiger charge is -2.22. The number of pyridine rings is 1. The van der Waals surface area contributed by atoms with Gasteiger partial charge in [0.15, 0.2) is 5.82 Å². The molecule has 0 aromatic carbocycles. The Morgan fingerprint density at radius 1 is 1.45 bits per heavy atom. The molecule has 1 aliphatic rings. The Hall–Kier alpha value is -2.44. The Morgan fingerprint density at radius 3 is 3.05 bits per heavy atom. The lowest BCUT2D eigenvalue weighted by Crippen LogP contribution is -2.32. The van der Waals surface area contributed by atoms with Crippen molar-refractivity contribution >= 4 is 5.91 Å². The van der Waals surface area contributed by atoms with Crippen LogP contribution in [0.15, 0.2) is 33.7 Å². The lowest BCUT2D eigenvalue weighted by molar-refractivity contribution is -0.132. The van der Waals surface area contributed by atoms with Gasteiger partial charge in [-0.2, -0.15) is 4.98 Å². The second-order valence-electron chi connectivity index (χ2n) is 5.40. The second kappa shape index (κ2) is 6.13. The van der Waals surface area contributed by atoms with Gasteiger partial charge in [0.05, 0.1) is 6.04 Å². The quantitative estimate of drug-likeness (QED) is 0.850. The smallest absolute Gasteiger partial charge is 0.250 e. The van der Waals surface area contributed by atoms with Gasteiger partial charge in [-0.05, 0) is 18.9 Å². The van der Waals surface area contributed by atoms with E-state index in [0.29, 0.717) is 24.8 Å². The Balaban J connectivity index is 1.66. The van der Waals surface area contributed by atoms with Crippen molar-refractivity contribution in [1.82, 2.24) is 19.6 Å². The van der Waals surface area contributed by atoms with E-state index in [4.69, 9.17) is 4.52 Å². The van der Waals surface area contributed by atoms with E-state index in [9.17, 15) is 9.59 Å². The minimum atomic E-state index is -0.113. The van der Waals surface area contributed by atoms with Crippen LogP contribution in [0.5, 0.6) is 0 Å². The van der Waals surface area contributed by atoms with Gasteiger partial charge in [-0.25, -0.2) is 0 Å². The number of hydrogen-bond acceptors (Lipinski definition) is 5. The summed E-state index contributed by atoms with van der Waals surface area (Å²) in [6.45, 7) is 2.81. The van der Waals surface area contributed by atoms with Gasteiger partial charge in [-0.3, -0.25) is 9.59 Å². The number of nitrogens with zero attached hydrogens (tertiary/aromatic N) is 4. The molecule has 1 aliphatic heterocycles. The van der Waals surface area contributed by atoms with E-state index in [-0.39, 0.29) is 23.9 Å². The number of carbonyl (C=O) groups excluding carboxylic acids is 1. The highest BCUT2D eigenvalue weighted by Gasteiger charge is 2.32. The van der Waals surface area contributed by atoms with Crippen molar-refractivity contribution in [2.24, 2.45) is 0 Å². The number of rotatable bonds is 4. The zero-order chi connectivity index (χ0) is 15.5. The third-order valence-corrected chi connectivity index (χ3v) is 3.88. The van der Waals surface area contributed by atoms with Crippen molar-refractivity contribution in [3.63, 3.8) is 0 Å². The van der Waals surface area contributed by atoms with Gasteiger partial charge in [-0.1, -0.05) is 11.2 Å². The Labute approximate surface area is 127 Å². The highest BCUT2D eigenvalue weighted by Crippen LogP contribution is 2.30. The largest absolute Gasteiger partial charge is 0.340 e. The maximum atomic E-state index is 12.4. The number of hydrogen-bond donors (Lipinski definition) is 0. The lowest BCUT2D eigenvalue weighted by atomic mass is 10.2. The zero-order valence-electron chi connectivity index (χ0n) is 12.4. The molecule has 1 atom stereocenters. The molecule has 3 heterocycles. The summed E-state index contributed by atoms with van der Waals surface area (Å²) in [6.07, 6.45) is 3.75. The summed E-state index contributed by atoms with van der Waals surface area (Å²) in [7, 11) is 0. The van der Waals surface area contributed by atoms with Crippen LogP contribution in [0.25, 0.3) is 0 Å². The van der Waals surface area contributed by atoms with Crippen LogP contribution in [-0.2, 0) is 11.3 Å². The first-order chi connectivity index (χ1) is 10.6. The van der Waals surface area contributed by atoms with E-state index in [1.54, 1.807) is 34.7 Å². The monoisotopic (exact) mass is 302 g/mol. The topological polar surface area (TPSA) is 81.2 Å². The van der Waals surface area contributed by atoms with Crippen LogP contribution in [0.1, 0.15) is 37.0 Å². The van der Waals surface area contributed by atoms with Gasteiger partial charge in [0, 0.05) is 38.7 Å². The van der Waals surface area contributed by atoms with Crippen molar-refractivity contribution in [2.45, 2.75) is 38.8 Å². The SMILES string of the molecule is Cc1nc([C@H]2CCCN2C(=O)CCn2ccccc2=O)no1. The Morgan fingerprint density at radius 2 is 2.32 bits per heavy atom. The number of carbonyl (C=O) groups is 1. The molecule has 1 fully saturated rings. The molecule has 3 rings (SSSR count). The number of amides is 1. The summed E-state index contributed by atoms with van der Waals surface area (Å²) in [6, 6.07) is 4.85. The van der Waals surface area contributed by atoms with Crippen LogP contribution in [0, 0.1) is 6.92 Å². The van der Waals surface area contributed by atoms with Gasteiger partial charge >= 0.3 is 0 Å². The Bertz CT molecular complexity index is 721. The molecule has 7 nitrogen and oxygen atoms in total. The van der Waals surface area contributed by atoms with Gasteiger partial charge in [-0.15, -0.1) is 0 Å². The van der Waals surface area contributed by atoms with E-state index >= 15 is 0 Å². The third-order valence-electron chi connectivity index (χ3n) is 3.88. The fourth-order valence-corrected chi connectivity index (χ4v) is 2.79. The van der Waals surface area contributed by atoms with Crippen LogP contribution in [-0.4, -0.2) is 32.1 Å². The Kier molecular flexibility index (Phi) is 4.04. The summed E-state index contributed by atoms with van der Waals surface area (Å²) in [4.78, 5) is 30.1. The highest BCUT2D eigenvalue weighted by molar-refractivity contribution is 5.76. The van der Waals surface area contributed by atoms with E-state index in [1.807, 2.05) is 0 Å². The van der Waals surface area contributed by atoms with Crippen LogP contribution in [0.4, 0.5) is 0 Å². The molecule has 0 saturated carbocycles. The van der Waals surface area contributed by atoms with Gasteiger partial charge in [0.1, 0.15) is 0 Å². The van der Waals surface area contributed by atoms with Crippen molar-refractivity contribution in [1.29, 1.82) is 0 Å². The molecule has 0 bridgehead atoms. The van der Waals surface area contributed by atoms with Gasteiger partial charge in [0.2, 0.25) is 11.8 Å². The molecular formula is C15H18N4O3. The van der Waals surface area contributed by atoms with E-state index in [0.717, 1.165) is 12.8 Å². The van der Waals surface area contributed by atoms with Crippen molar-refractivity contribution in [3.05, 3.63) is 46.5 Å². The first kappa shape index (κ1) is 14.5. The molecule has 0 radical (unpaired) electrons. The molecule has 1 saturated heterocycles. The molecule has 2 aromatic heterocycles. The molecular weight excluding hydrogens is 284 g/mol. The highest BCUT2D eigenvalue weighted by atomic mass is 16.5. The average Bonchev–Trinajstić information content (AvgIpc) is 3.14. The maximum absolute atomic E-state index is 12.4. The van der Waals surface area contributed by atoms with Crippen LogP contribution < -0.4 is 5.56 Å². The van der Waals surface area contributed by atoms with Crippen molar-refractivity contribution in [2.75, 3.05) is 6.54 Å². The minimum Gasteiger partial charge on any atom is -0.340 e. The normalized spacial score (nSPS) is 17.9. The summed E-state index contributed by atoms with van der Waals surface area (Å²) in [5.41, 5.74) is -0.0953. The fraction of sp³-hybridized carbons (Fsp3) is 0.467. The molecule has 0 unspecified atom stereocenters. The molecule has 2 aromatic rings. The molecule has 0 spiro atoms. The van der Waals surface area contributed by atoms with Crippen molar-refractivity contribution in [3.8, 4) is 0 Å². The predicted octanol–water partition coefficient (Wildman–Crippen LogP) is 1.29. The van der Waals surface area contributed by atoms with Crippen molar-refractivity contribution < 1.29 is 9.32 Å². The number of aromatic nitrogens is 3. The fourth-order valence-electron chi connectivity index (χ4n) is 2.79. The summed E-state index contributed by atoms with van der Waals surface area (Å²) < 4.78 is 6.55. The predicted molar refractivity (Wildman–Crippen MR) is 78.0 cm³/mol. The molecule has 22 heavy (non-hydrogen) atoms. The molecule has 7 heteroatoms. The van der Waals surface area contributed by atoms with Crippen LogP contribution >= 0.6 is 0 Å². The molecule has 116 valence electrons. The van der Waals surface area contributed by atoms with Crippen LogP contribution in [0.3, 0.4) is 0 Å². The standard InChI is InChI=1S/C15H18N4O3/c1-11-16-15(17-22-11)12-5-4-9-19(12)14(21)7-10-18-8-3-2-6-13(18)20/h2-3,6,8,12H,4-5,7,9-10H2,1H3/t12-/m1/s1. The van der Waals surface area contributed by atoms with Crippen LogP contribution in [0.2, 0.25) is 0 Å². The van der Waals surface area contributed by atoms with E-state index < -0.39 is 0 Å². The van der Waals surface area contributed by atoms with Gasteiger partial charge in [0.25, 0.3) is 5.56 Å². The first-order valence-corrected chi connectivity index (χ1v) is 7.40. The third kappa shape index (κ3) is 2.93. The average molecular weight is 302 g/mol. The molecule has 1 amide bonds. The second-order valence-corrected chi connectivity index (χ2v) is 5.40. The first-order valence-electron chi connectivity index (χ1n) is 7.40. The molecule has 0 aliphatic carbocycles. The number of likely N-dealkylation sites (tertiary alicyclic amines) is 1. The van der Waals surface area contributed by atoms with Gasteiger partial charge < -0.3 is 14.0 Å². The summed E-state index contributed by atoms with van der Waals surface area (Å²) in [5, 5.41) is 3.93. The minimum absolute atomic E-state index is 0.0145. The van der Waals surface area contributed by atoms with E-state index in [1.165, 1.54) is 6.07 Å². The molecule has 0 N–H and O–H groups in total. The summed E-state index contributed by atoms with van der Waals surface area (Å²) >= 11 is 0. The number of aryl methyl sites for hydroxylation is 2. The zero-order valence-corrected chi connectivity index (χ0v) is 12.4. The maximum Gasteiger partial charge on any atom is 0.250 e. The van der Waals surface area contributed by atoms with E-state index in [2.05, 4.69) is 10.1 Å². The summed E-state index contributed by atoms with van der Waals surface area (Å²) in [5.74, 6) is 1.09.